The fourth-order valence-corrected chi connectivity index (χ4v) is 5.22. The first-order chi connectivity index (χ1) is 13.3. The number of piperidine rings is 1. The standard InChI is InChI=1S/C20H31N7/c1-24-8-4-5-16(13-24)14-25-9-11-26(12-10-25)19-17-6-2-3-7-18(17)23-20-21-15-22-27(19)20/h15-16H,2-14H2,1H3/t16-/m0/s1. The molecule has 4 heterocycles. The molecule has 0 radical (unpaired) electrons. The van der Waals surface area contributed by atoms with Gasteiger partial charge in [-0.2, -0.15) is 14.6 Å². The molecule has 146 valence electrons. The molecule has 0 bridgehead atoms. The molecular formula is C20H31N7. The fourth-order valence-electron chi connectivity index (χ4n) is 5.22. The number of fused-ring (bicyclic) bond motifs is 2. The lowest BCUT2D eigenvalue weighted by molar-refractivity contribution is 0.147. The minimum atomic E-state index is 0.762. The van der Waals surface area contributed by atoms with Gasteiger partial charge in [0.2, 0.25) is 0 Å². The molecule has 0 N–H and O–H groups in total. The summed E-state index contributed by atoms with van der Waals surface area (Å²) in [4.78, 5) is 16.9. The highest BCUT2D eigenvalue weighted by molar-refractivity contribution is 5.55. The van der Waals surface area contributed by atoms with Gasteiger partial charge in [0.1, 0.15) is 12.1 Å². The first kappa shape index (κ1) is 17.4. The Morgan fingerprint density at radius 2 is 1.89 bits per heavy atom. The lowest BCUT2D eigenvalue weighted by Gasteiger charge is -2.40. The van der Waals surface area contributed by atoms with E-state index in [4.69, 9.17) is 4.98 Å². The quantitative estimate of drug-likeness (QED) is 0.817. The number of aromatic nitrogens is 4. The number of hydrogen-bond donors (Lipinski definition) is 0. The molecule has 0 saturated carbocycles. The molecule has 7 heteroatoms. The molecule has 2 fully saturated rings. The summed E-state index contributed by atoms with van der Waals surface area (Å²) in [6.45, 7) is 8.23. The van der Waals surface area contributed by atoms with Crippen molar-refractivity contribution in [1.82, 2.24) is 29.4 Å². The Hall–Kier alpha value is -1.73. The van der Waals surface area contributed by atoms with Gasteiger partial charge in [0.15, 0.2) is 0 Å². The molecule has 2 aliphatic heterocycles. The van der Waals surface area contributed by atoms with Crippen LogP contribution in [-0.4, -0.2) is 82.2 Å². The Bertz CT molecular complexity index is 793. The summed E-state index contributed by atoms with van der Waals surface area (Å²) in [7, 11) is 2.26. The lowest BCUT2D eigenvalue weighted by Crippen LogP contribution is -2.50. The van der Waals surface area contributed by atoms with Gasteiger partial charge in [0.05, 0.1) is 5.69 Å². The summed E-state index contributed by atoms with van der Waals surface area (Å²) in [6, 6.07) is 0. The average Bonchev–Trinajstić information content (AvgIpc) is 3.15. The molecule has 1 atom stereocenters. The Balaban J connectivity index is 1.32. The molecule has 2 aromatic rings. The minimum absolute atomic E-state index is 0.762. The monoisotopic (exact) mass is 369 g/mol. The van der Waals surface area contributed by atoms with Crippen LogP contribution < -0.4 is 4.90 Å². The maximum atomic E-state index is 4.78. The van der Waals surface area contributed by atoms with E-state index in [-0.39, 0.29) is 0 Å². The maximum Gasteiger partial charge on any atom is 0.254 e. The van der Waals surface area contributed by atoms with Crippen LogP contribution in [0.1, 0.15) is 36.9 Å². The number of likely N-dealkylation sites (tertiary alicyclic amines) is 1. The minimum Gasteiger partial charge on any atom is -0.354 e. The number of rotatable bonds is 3. The van der Waals surface area contributed by atoms with Gasteiger partial charge in [-0.15, -0.1) is 0 Å². The fraction of sp³-hybridized carbons (Fsp3) is 0.750. The smallest absolute Gasteiger partial charge is 0.254 e. The van der Waals surface area contributed by atoms with Gasteiger partial charge in [-0.05, 0) is 58.0 Å². The molecular weight excluding hydrogens is 338 g/mol. The van der Waals surface area contributed by atoms with Crippen LogP contribution in [0.5, 0.6) is 0 Å². The maximum absolute atomic E-state index is 4.78. The zero-order chi connectivity index (χ0) is 18.2. The van der Waals surface area contributed by atoms with Gasteiger partial charge in [-0.1, -0.05) is 0 Å². The van der Waals surface area contributed by atoms with Gasteiger partial charge in [0.25, 0.3) is 5.78 Å². The van der Waals surface area contributed by atoms with Crippen molar-refractivity contribution < 1.29 is 0 Å². The van der Waals surface area contributed by atoms with E-state index >= 15 is 0 Å². The van der Waals surface area contributed by atoms with E-state index in [1.807, 2.05) is 4.52 Å². The summed E-state index contributed by atoms with van der Waals surface area (Å²) < 4.78 is 1.98. The van der Waals surface area contributed by atoms with Crippen molar-refractivity contribution in [1.29, 1.82) is 0 Å². The van der Waals surface area contributed by atoms with Gasteiger partial charge >= 0.3 is 0 Å². The third kappa shape index (κ3) is 3.43. The Labute approximate surface area is 161 Å². The molecule has 2 aromatic heterocycles. The summed E-state index contributed by atoms with van der Waals surface area (Å²) in [5.74, 6) is 2.87. The van der Waals surface area contributed by atoms with Crippen molar-refractivity contribution in [2.24, 2.45) is 5.92 Å². The van der Waals surface area contributed by atoms with Crippen molar-refractivity contribution in [3.63, 3.8) is 0 Å². The van der Waals surface area contributed by atoms with Crippen LogP contribution in [0, 0.1) is 5.92 Å². The third-order valence-electron chi connectivity index (χ3n) is 6.58. The van der Waals surface area contributed by atoms with Gasteiger partial charge in [-0.3, -0.25) is 4.90 Å². The first-order valence-corrected chi connectivity index (χ1v) is 10.7. The van der Waals surface area contributed by atoms with Gasteiger partial charge in [0, 0.05) is 44.8 Å². The van der Waals surface area contributed by atoms with E-state index in [0.29, 0.717) is 0 Å². The molecule has 7 nitrogen and oxygen atoms in total. The number of hydrogen-bond acceptors (Lipinski definition) is 6. The SMILES string of the molecule is CN1CCC[C@H](CN2CCN(c3c4c(nc5ncnn35)CCCC4)CC2)C1. The molecule has 0 aromatic carbocycles. The molecule has 2 saturated heterocycles. The van der Waals surface area contributed by atoms with Crippen LogP contribution in [-0.2, 0) is 12.8 Å². The highest BCUT2D eigenvalue weighted by Gasteiger charge is 2.27. The molecule has 5 rings (SSSR count). The van der Waals surface area contributed by atoms with Crippen molar-refractivity contribution in [3.8, 4) is 0 Å². The van der Waals surface area contributed by atoms with Gasteiger partial charge in [-0.25, -0.2) is 4.98 Å². The second-order valence-electron chi connectivity index (χ2n) is 8.60. The molecule has 0 spiro atoms. The normalized spacial score (nSPS) is 25.1. The van der Waals surface area contributed by atoms with Crippen LogP contribution in [0.4, 0.5) is 5.82 Å². The van der Waals surface area contributed by atoms with Crippen LogP contribution in [0.15, 0.2) is 6.33 Å². The molecule has 0 unspecified atom stereocenters. The summed E-state index contributed by atoms with van der Waals surface area (Å²) >= 11 is 0. The highest BCUT2D eigenvalue weighted by atomic mass is 15.4. The first-order valence-electron chi connectivity index (χ1n) is 10.7. The van der Waals surface area contributed by atoms with Crippen molar-refractivity contribution >= 4 is 11.6 Å². The second-order valence-corrected chi connectivity index (χ2v) is 8.60. The lowest BCUT2D eigenvalue weighted by atomic mass is 9.95. The Morgan fingerprint density at radius 1 is 1.04 bits per heavy atom. The average molecular weight is 370 g/mol. The molecule has 27 heavy (non-hydrogen) atoms. The van der Waals surface area contributed by atoms with Crippen molar-refractivity contribution in [2.75, 3.05) is 57.8 Å². The van der Waals surface area contributed by atoms with E-state index < -0.39 is 0 Å². The highest BCUT2D eigenvalue weighted by Crippen LogP contribution is 2.30. The van der Waals surface area contributed by atoms with Crippen LogP contribution in [0.25, 0.3) is 5.78 Å². The zero-order valence-electron chi connectivity index (χ0n) is 16.5. The van der Waals surface area contributed by atoms with Crippen LogP contribution in [0.3, 0.4) is 0 Å². The molecule has 3 aliphatic rings. The largest absolute Gasteiger partial charge is 0.354 e. The Morgan fingerprint density at radius 3 is 2.74 bits per heavy atom. The summed E-state index contributed by atoms with van der Waals surface area (Å²) in [5, 5.41) is 4.51. The van der Waals surface area contributed by atoms with Crippen LogP contribution >= 0.6 is 0 Å². The van der Waals surface area contributed by atoms with Gasteiger partial charge < -0.3 is 9.80 Å². The second kappa shape index (κ2) is 7.36. The number of piperazine rings is 1. The topological polar surface area (TPSA) is 52.8 Å². The van der Waals surface area contributed by atoms with Crippen molar-refractivity contribution in [2.45, 2.75) is 38.5 Å². The molecule has 1 aliphatic carbocycles. The Kier molecular flexibility index (Phi) is 4.73. The number of anilines is 1. The van der Waals surface area contributed by atoms with E-state index in [0.717, 1.165) is 50.7 Å². The van der Waals surface area contributed by atoms with E-state index in [1.165, 1.54) is 62.4 Å². The van der Waals surface area contributed by atoms with E-state index in [2.05, 4.69) is 31.8 Å². The van der Waals surface area contributed by atoms with Crippen LogP contribution in [0.2, 0.25) is 0 Å². The predicted octanol–water partition coefficient (Wildman–Crippen LogP) is 1.47. The predicted molar refractivity (Wildman–Crippen MR) is 106 cm³/mol. The number of aryl methyl sites for hydroxylation is 1. The van der Waals surface area contributed by atoms with E-state index in [1.54, 1.807) is 6.33 Å². The molecule has 0 amide bonds. The zero-order valence-corrected chi connectivity index (χ0v) is 16.5. The van der Waals surface area contributed by atoms with E-state index in [9.17, 15) is 0 Å². The summed E-state index contributed by atoms with van der Waals surface area (Å²) in [5.41, 5.74) is 2.67. The summed E-state index contributed by atoms with van der Waals surface area (Å²) in [6.07, 6.45) is 9.11. The van der Waals surface area contributed by atoms with Crippen molar-refractivity contribution in [3.05, 3.63) is 17.6 Å². The third-order valence-corrected chi connectivity index (χ3v) is 6.58. The number of nitrogens with zero attached hydrogens (tertiary/aromatic N) is 7.